The van der Waals surface area contributed by atoms with Crippen LogP contribution >= 0.6 is 0 Å². The van der Waals surface area contributed by atoms with Crippen LogP contribution in [0.15, 0.2) is 29.2 Å². The maximum Gasteiger partial charge on any atom is 0.243 e. The van der Waals surface area contributed by atoms with Crippen LogP contribution < -0.4 is 5.32 Å². The lowest BCUT2D eigenvalue weighted by Crippen LogP contribution is -2.36. The van der Waals surface area contributed by atoms with Crippen molar-refractivity contribution in [3.05, 3.63) is 52.5 Å². The zero-order valence-electron chi connectivity index (χ0n) is 19.7. The van der Waals surface area contributed by atoms with Crippen molar-refractivity contribution in [2.45, 2.75) is 64.7 Å². The first-order chi connectivity index (χ1) is 15.7. The van der Waals surface area contributed by atoms with Gasteiger partial charge in [0.2, 0.25) is 15.9 Å². The van der Waals surface area contributed by atoms with Crippen molar-refractivity contribution < 1.29 is 13.2 Å². The molecule has 0 spiro atoms. The first kappa shape index (κ1) is 23.4. The summed E-state index contributed by atoms with van der Waals surface area (Å²) in [5, 5.41) is 7.35. The SMILES string of the molecule is Cc1cc2nc(C)c(CCC(=O)Nc3ccc(C)c(S(=O)(=O)N4CCCCC4)c3)c(C)n2n1. The summed E-state index contributed by atoms with van der Waals surface area (Å²) in [4.78, 5) is 17.6. The van der Waals surface area contributed by atoms with Gasteiger partial charge in [0.05, 0.1) is 10.6 Å². The number of anilines is 1. The first-order valence-electron chi connectivity index (χ1n) is 11.4. The largest absolute Gasteiger partial charge is 0.326 e. The van der Waals surface area contributed by atoms with E-state index in [1.165, 1.54) is 0 Å². The molecule has 3 heterocycles. The minimum Gasteiger partial charge on any atom is -0.326 e. The predicted molar refractivity (Wildman–Crippen MR) is 128 cm³/mol. The monoisotopic (exact) mass is 469 g/mol. The molecule has 0 saturated carbocycles. The van der Waals surface area contributed by atoms with Gasteiger partial charge >= 0.3 is 0 Å². The number of hydrogen-bond acceptors (Lipinski definition) is 5. The van der Waals surface area contributed by atoms with Crippen LogP contribution in [0.5, 0.6) is 0 Å². The summed E-state index contributed by atoms with van der Waals surface area (Å²) in [5.74, 6) is -0.171. The smallest absolute Gasteiger partial charge is 0.243 e. The molecule has 8 nitrogen and oxygen atoms in total. The zero-order valence-corrected chi connectivity index (χ0v) is 20.5. The van der Waals surface area contributed by atoms with Crippen molar-refractivity contribution in [2.24, 2.45) is 0 Å². The lowest BCUT2D eigenvalue weighted by atomic mass is 10.1. The molecule has 1 fully saturated rings. The molecule has 0 atom stereocenters. The fourth-order valence-electron chi connectivity index (χ4n) is 4.47. The summed E-state index contributed by atoms with van der Waals surface area (Å²) in [5.41, 5.74) is 5.73. The van der Waals surface area contributed by atoms with Crippen LogP contribution in [-0.2, 0) is 21.2 Å². The molecule has 1 aliphatic rings. The Kier molecular flexibility index (Phi) is 6.54. The number of carbonyl (C=O) groups is 1. The van der Waals surface area contributed by atoms with Crippen LogP contribution in [0.2, 0.25) is 0 Å². The van der Waals surface area contributed by atoms with E-state index >= 15 is 0 Å². The third-order valence-electron chi connectivity index (χ3n) is 6.29. The van der Waals surface area contributed by atoms with Crippen LogP contribution in [0.25, 0.3) is 5.65 Å². The molecular weight excluding hydrogens is 438 g/mol. The van der Waals surface area contributed by atoms with Gasteiger partial charge in [0.25, 0.3) is 0 Å². The van der Waals surface area contributed by atoms with E-state index in [9.17, 15) is 13.2 Å². The van der Waals surface area contributed by atoms with Crippen LogP contribution in [0.4, 0.5) is 5.69 Å². The van der Waals surface area contributed by atoms with E-state index in [-0.39, 0.29) is 17.2 Å². The highest BCUT2D eigenvalue weighted by Gasteiger charge is 2.27. The van der Waals surface area contributed by atoms with E-state index in [1.807, 2.05) is 31.4 Å². The number of piperidine rings is 1. The molecule has 1 aromatic carbocycles. The highest BCUT2D eigenvalue weighted by molar-refractivity contribution is 7.89. The van der Waals surface area contributed by atoms with Crippen molar-refractivity contribution in [3.8, 4) is 0 Å². The Balaban J connectivity index is 1.48. The Morgan fingerprint density at radius 2 is 1.79 bits per heavy atom. The van der Waals surface area contributed by atoms with Gasteiger partial charge in [0.15, 0.2) is 5.65 Å². The molecule has 176 valence electrons. The van der Waals surface area contributed by atoms with Crippen molar-refractivity contribution in [3.63, 3.8) is 0 Å². The van der Waals surface area contributed by atoms with E-state index in [2.05, 4.69) is 15.4 Å². The van der Waals surface area contributed by atoms with Crippen LogP contribution in [0.1, 0.15) is 53.9 Å². The molecule has 33 heavy (non-hydrogen) atoms. The highest BCUT2D eigenvalue weighted by Crippen LogP contribution is 2.26. The molecule has 1 saturated heterocycles. The zero-order chi connectivity index (χ0) is 23.8. The molecule has 0 radical (unpaired) electrons. The molecular formula is C24H31N5O3S. The average Bonchev–Trinajstić information content (AvgIpc) is 3.15. The number of rotatable bonds is 6. The number of hydrogen-bond donors (Lipinski definition) is 1. The maximum atomic E-state index is 13.1. The predicted octanol–water partition coefficient (Wildman–Crippen LogP) is 3.71. The van der Waals surface area contributed by atoms with Crippen LogP contribution in [0.3, 0.4) is 0 Å². The van der Waals surface area contributed by atoms with Crippen molar-refractivity contribution in [1.29, 1.82) is 0 Å². The van der Waals surface area contributed by atoms with Gasteiger partial charge in [-0.15, -0.1) is 0 Å². The Labute approximate surface area is 195 Å². The number of aromatic nitrogens is 3. The van der Waals surface area contributed by atoms with E-state index in [1.54, 1.807) is 29.4 Å². The number of benzene rings is 1. The Morgan fingerprint density at radius 1 is 1.06 bits per heavy atom. The fraction of sp³-hybridized carbons (Fsp3) is 0.458. The quantitative estimate of drug-likeness (QED) is 0.594. The molecule has 2 aromatic heterocycles. The van der Waals surface area contributed by atoms with Gasteiger partial charge in [0, 0.05) is 42.7 Å². The Bertz CT molecular complexity index is 1310. The summed E-state index contributed by atoms with van der Waals surface area (Å²) in [6.07, 6.45) is 3.61. The second-order valence-corrected chi connectivity index (χ2v) is 10.7. The second kappa shape index (κ2) is 9.23. The molecule has 4 rings (SSSR count). The average molecular weight is 470 g/mol. The van der Waals surface area contributed by atoms with Crippen LogP contribution in [-0.4, -0.2) is 46.3 Å². The van der Waals surface area contributed by atoms with E-state index in [0.29, 0.717) is 30.8 Å². The molecule has 9 heteroatoms. The van der Waals surface area contributed by atoms with Gasteiger partial charge in [0.1, 0.15) is 0 Å². The van der Waals surface area contributed by atoms with E-state index in [4.69, 9.17) is 0 Å². The van der Waals surface area contributed by atoms with Crippen molar-refractivity contribution in [2.75, 3.05) is 18.4 Å². The number of fused-ring (bicyclic) bond motifs is 1. The van der Waals surface area contributed by atoms with E-state index in [0.717, 1.165) is 47.6 Å². The summed E-state index contributed by atoms with van der Waals surface area (Å²) < 4.78 is 29.6. The molecule has 1 aliphatic heterocycles. The number of carbonyl (C=O) groups excluding carboxylic acids is 1. The minimum atomic E-state index is -3.57. The lowest BCUT2D eigenvalue weighted by Gasteiger charge is -2.26. The van der Waals surface area contributed by atoms with Crippen molar-refractivity contribution in [1.82, 2.24) is 18.9 Å². The van der Waals surface area contributed by atoms with Gasteiger partial charge in [-0.2, -0.15) is 9.40 Å². The normalized spacial score (nSPS) is 15.2. The molecule has 1 amide bonds. The summed E-state index contributed by atoms with van der Waals surface area (Å²) in [6.45, 7) is 8.74. The molecule has 1 N–H and O–H groups in total. The topological polar surface area (TPSA) is 96.7 Å². The number of amides is 1. The minimum absolute atomic E-state index is 0.171. The second-order valence-electron chi connectivity index (χ2n) is 8.81. The summed E-state index contributed by atoms with van der Waals surface area (Å²) >= 11 is 0. The number of aryl methyl sites for hydroxylation is 4. The molecule has 3 aromatic rings. The molecule has 0 bridgehead atoms. The number of nitrogens with one attached hydrogen (secondary N) is 1. The maximum absolute atomic E-state index is 13.1. The molecule has 0 unspecified atom stereocenters. The number of sulfonamides is 1. The van der Waals surface area contributed by atoms with Gasteiger partial charge in [-0.05, 0) is 70.2 Å². The van der Waals surface area contributed by atoms with Gasteiger partial charge in [-0.1, -0.05) is 12.5 Å². The first-order valence-corrected chi connectivity index (χ1v) is 12.8. The lowest BCUT2D eigenvalue weighted by molar-refractivity contribution is -0.116. The Hall–Kier alpha value is -2.78. The number of nitrogens with zero attached hydrogens (tertiary/aromatic N) is 4. The van der Waals surface area contributed by atoms with E-state index < -0.39 is 10.0 Å². The standard InChI is InChI=1S/C24H31N5O3S/c1-16-8-9-20(15-22(16)33(31,32)28-12-6-5-7-13-28)26-24(30)11-10-21-18(3)25-23-14-17(2)27-29(23)19(21)4/h8-9,14-15H,5-7,10-13H2,1-4H3,(H,26,30). The van der Waals surface area contributed by atoms with Gasteiger partial charge in [-0.25, -0.2) is 17.9 Å². The van der Waals surface area contributed by atoms with Gasteiger partial charge < -0.3 is 5.32 Å². The van der Waals surface area contributed by atoms with Crippen molar-refractivity contribution >= 4 is 27.3 Å². The Morgan fingerprint density at radius 3 is 2.52 bits per heavy atom. The third kappa shape index (κ3) is 4.79. The third-order valence-corrected chi connectivity index (χ3v) is 8.33. The highest BCUT2D eigenvalue weighted by atomic mass is 32.2. The fourth-order valence-corrected chi connectivity index (χ4v) is 6.23. The molecule has 0 aliphatic carbocycles. The summed E-state index contributed by atoms with van der Waals surface area (Å²) in [7, 11) is -3.57. The van der Waals surface area contributed by atoms with Crippen LogP contribution in [0, 0.1) is 27.7 Å². The summed E-state index contributed by atoms with van der Waals surface area (Å²) in [6, 6.07) is 7.01. The van der Waals surface area contributed by atoms with Gasteiger partial charge in [-0.3, -0.25) is 4.79 Å².